The highest BCUT2D eigenvalue weighted by atomic mass is 19.1. The molecular weight excluding hydrogens is 255 g/mol. The third-order valence-corrected chi connectivity index (χ3v) is 3.18. The number of nitrogens with one attached hydrogen (secondary N) is 2. The van der Waals surface area contributed by atoms with Crippen LogP contribution in [-0.4, -0.2) is 32.6 Å². The molecule has 0 bridgehead atoms. The highest BCUT2D eigenvalue weighted by molar-refractivity contribution is 5.80. The van der Waals surface area contributed by atoms with Crippen LogP contribution in [0.2, 0.25) is 0 Å². The van der Waals surface area contributed by atoms with Gasteiger partial charge in [0.25, 0.3) is 0 Å². The number of aliphatic imine (C=N–C) groups is 1. The van der Waals surface area contributed by atoms with Crippen LogP contribution >= 0.6 is 0 Å². The summed E-state index contributed by atoms with van der Waals surface area (Å²) in [6.07, 6.45) is 2.41. The third-order valence-electron chi connectivity index (χ3n) is 3.18. The van der Waals surface area contributed by atoms with Crippen LogP contribution in [0.1, 0.15) is 25.3 Å². The molecule has 4 nitrogen and oxygen atoms in total. The van der Waals surface area contributed by atoms with Crippen LogP contribution < -0.4 is 15.5 Å². The highest BCUT2D eigenvalue weighted by Crippen LogP contribution is 2.19. The van der Waals surface area contributed by atoms with Crippen LogP contribution in [0, 0.1) is 5.82 Å². The van der Waals surface area contributed by atoms with Gasteiger partial charge in [-0.05, 0) is 37.5 Å². The van der Waals surface area contributed by atoms with Crippen molar-refractivity contribution in [1.29, 1.82) is 0 Å². The highest BCUT2D eigenvalue weighted by Gasteiger charge is 2.22. The van der Waals surface area contributed by atoms with Crippen molar-refractivity contribution in [2.45, 2.75) is 32.4 Å². The van der Waals surface area contributed by atoms with E-state index in [2.05, 4.69) is 15.6 Å². The fourth-order valence-corrected chi connectivity index (χ4v) is 1.92. The van der Waals surface area contributed by atoms with E-state index < -0.39 is 0 Å². The summed E-state index contributed by atoms with van der Waals surface area (Å²) < 4.78 is 13.9. The Hall–Kier alpha value is -1.78. The lowest BCUT2D eigenvalue weighted by molar-refractivity contribution is 0.624. The molecule has 1 saturated carbocycles. The molecule has 2 N–H and O–H groups in total. The van der Waals surface area contributed by atoms with Crippen molar-refractivity contribution < 1.29 is 4.39 Å². The number of hydrogen-bond acceptors (Lipinski definition) is 2. The Balaban J connectivity index is 2.02. The molecule has 0 spiro atoms. The molecule has 1 fully saturated rings. The summed E-state index contributed by atoms with van der Waals surface area (Å²) in [6.45, 7) is 3.34. The van der Waals surface area contributed by atoms with Crippen LogP contribution in [0.15, 0.2) is 23.2 Å². The lowest BCUT2D eigenvalue weighted by Crippen LogP contribution is -2.38. The van der Waals surface area contributed by atoms with Crippen LogP contribution in [0.25, 0.3) is 0 Å². The summed E-state index contributed by atoms with van der Waals surface area (Å²) in [7, 11) is 3.66. The van der Waals surface area contributed by atoms with E-state index in [9.17, 15) is 4.39 Å². The van der Waals surface area contributed by atoms with Crippen molar-refractivity contribution >= 4 is 11.6 Å². The number of rotatable bonds is 5. The van der Waals surface area contributed by atoms with Crippen molar-refractivity contribution in [3.63, 3.8) is 0 Å². The smallest absolute Gasteiger partial charge is 0.191 e. The molecule has 0 aromatic heterocycles. The minimum atomic E-state index is -0.206. The summed E-state index contributed by atoms with van der Waals surface area (Å²) in [5.74, 6) is 0.606. The van der Waals surface area contributed by atoms with Gasteiger partial charge in [-0.25, -0.2) is 9.38 Å². The first-order valence-electron chi connectivity index (χ1n) is 7.10. The average Bonchev–Trinajstić information content (AvgIpc) is 3.20. The second-order valence-corrected chi connectivity index (χ2v) is 5.29. The molecule has 0 saturated heterocycles. The van der Waals surface area contributed by atoms with E-state index in [1.54, 1.807) is 17.0 Å². The van der Waals surface area contributed by atoms with Crippen LogP contribution in [0.4, 0.5) is 10.1 Å². The van der Waals surface area contributed by atoms with Crippen molar-refractivity contribution in [3.8, 4) is 0 Å². The maximum atomic E-state index is 13.9. The maximum absolute atomic E-state index is 13.9. The monoisotopic (exact) mass is 278 g/mol. The van der Waals surface area contributed by atoms with Gasteiger partial charge in [0.15, 0.2) is 5.96 Å². The predicted octanol–water partition coefficient (Wildman–Crippen LogP) is 2.11. The Kier molecular flexibility index (Phi) is 4.82. The Morgan fingerprint density at radius 1 is 1.40 bits per heavy atom. The summed E-state index contributed by atoms with van der Waals surface area (Å²) in [6, 6.07) is 5.82. The topological polar surface area (TPSA) is 39.7 Å². The zero-order valence-corrected chi connectivity index (χ0v) is 12.4. The van der Waals surface area contributed by atoms with Gasteiger partial charge in [0.2, 0.25) is 0 Å². The van der Waals surface area contributed by atoms with E-state index in [-0.39, 0.29) is 5.82 Å². The van der Waals surface area contributed by atoms with Gasteiger partial charge in [-0.1, -0.05) is 6.07 Å². The molecule has 2 rings (SSSR count). The second-order valence-electron chi connectivity index (χ2n) is 5.29. The number of guanidine groups is 1. The molecule has 110 valence electrons. The maximum Gasteiger partial charge on any atom is 0.191 e. The lowest BCUT2D eigenvalue weighted by Gasteiger charge is -2.14. The predicted molar refractivity (Wildman–Crippen MR) is 81.7 cm³/mol. The van der Waals surface area contributed by atoms with Gasteiger partial charge in [-0.2, -0.15) is 0 Å². The zero-order chi connectivity index (χ0) is 14.5. The molecule has 0 atom stereocenters. The summed E-state index contributed by atoms with van der Waals surface area (Å²) in [5.41, 5.74) is 1.47. The largest absolute Gasteiger partial charge is 0.375 e. The van der Waals surface area contributed by atoms with Crippen molar-refractivity contribution in [1.82, 2.24) is 10.6 Å². The van der Waals surface area contributed by atoms with Crippen molar-refractivity contribution in [2.24, 2.45) is 4.99 Å². The van der Waals surface area contributed by atoms with Gasteiger partial charge in [0.05, 0.1) is 12.2 Å². The summed E-state index contributed by atoms with van der Waals surface area (Å²) >= 11 is 0. The SMILES string of the molecule is CCNC(=NCc1ccc(N(C)C)c(F)c1)NC1CC1. The first kappa shape index (κ1) is 14.6. The van der Waals surface area contributed by atoms with E-state index >= 15 is 0 Å². The zero-order valence-electron chi connectivity index (χ0n) is 12.4. The molecule has 5 heteroatoms. The minimum absolute atomic E-state index is 0.206. The van der Waals surface area contributed by atoms with Gasteiger partial charge >= 0.3 is 0 Å². The van der Waals surface area contributed by atoms with Gasteiger partial charge in [-0.3, -0.25) is 0 Å². The molecular formula is C15H23FN4. The van der Waals surface area contributed by atoms with Crippen LogP contribution in [0.5, 0.6) is 0 Å². The fourth-order valence-electron chi connectivity index (χ4n) is 1.92. The molecule has 0 amide bonds. The van der Waals surface area contributed by atoms with E-state index in [0.717, 1.165) is 18.1 Å². The Morgan fingerprint density at radius 2 is 2.15 bits per heavy atom. The standard InChI is InChI=1S/C15H23FN4/c1-4-17-15(19-12-6-7-12)18-10-11-5-8-14(20(2)3)13(16)9-11/h5,8-9,12H,4,6-7,10H2,1-3H3,(H2,17,18,19). The van der Waals surface area contributed by atoms with E-state index in [1.165, 1.54) is 12.8 Å². The third kappa shape index (κ3) is 4.11. The number of hydrogen-bond donors (Lipinski definition) is 2. The molecule has 1 aromatic carbocycles. The number of benzene rings is 1. The molecule has 1 aliphatic rings. The van der Waals surface area contributed by atoms with Crippen LogP contribution in [0.3, 0.4) is 0 Å². The van der Waals surface area contributed by atoms with E-state index in [1.807, 2.05) is 27.1 Å². The van der Waals surface area contributed by atoms with Crippen molar-refractivity contribution in [3.05, 3.63) is 29.6 Å². The number of nitrogens with zero attached hydrogens (tertiary/aromatic N) is 2. The molecule has 0 radical (unpaired) electrons. The van der Waals surface area contributed by atoms with E-state index in [0.29, 0.717) is 18.3 Å². The summed E-state index contributed by atoms with van der Waals surface area (Å²) in [4.78, 5) is 6.26. The van der Waals surface area contributed by atoms with Gasteiger partial charge < -0.3 is 15.5 Å². The van der Waals surface area contributed by atoms with Gasteiger partial charge in [-0.15, -0.1) is 0 Å². The second kappa shape index (κ2) is 6.59. The quantitative estimate of drug-likeness (QED) is 0.640. The minimum Gasteiger partial charge on any atom is -0.375 e. The Bertz CT molecular complexity index is 481. The number of anilines is 1. The first-order valence-corrected chi connectivity index (χ1v) is 7.10. The normalized spacial score (nSPS) is 15.1. The molecule has 1 aromatic rings. The van der Waals surface area contributed by atoms with Crippen LogP contribution in [-0.2, 0) is 6.54 Å². The average molecular weight is 278 g/mol. The molecule has 0 aliphatic heterocycles. The molecule has 20 heavy (non-hydrogen) atoms. The number of halogens is 1. The molecule has 1 aliphatic carbocycles. The molecule has 0 heterocycles. The van der Waals surface area contributed by atoms with E-state index in [4.69, 9.17) is 0 Å². The van der Waals surface area contributed by atoms with Gasteiger partial charge in [0.1, 0.15) is 5.82 Å². The summed E-state index contributed by atoms with van der Waals surface area (Å²) in [5, 5.41) is 6.55. The van der Waals surface area contributed by atoms with Crippen molar-refractivity contribution in [2.75, 3.05) is 25.5 Å². The first-order chi connectivity index (χ1) is 9.60. The van der Waals surface area contributed by atoms with Gasteiger partial charge in [0, 0.05) is 26.7 Å². The lowest BCUT2D eigenvalue weighted by atomic mass is 10.2. The molecule has 0 unspecified atom stereocenters. The fraction of sp³-hybridized carbons (Fsp3) is 0.533. The Morgan fingerprint density at radius 3 is 2.70 bits per heavy atom. The Labute approximate surface area is 120 Å².